The van der Waals surface area contributed by atoms with Gasteiger partial charge in [0.25, 0.3) is 0 Å². The predicted octanol–water partition coefficient (Wildman–Crippen LogP) is 8.66. The van der Waals surface area contributed by atoms with Crippen molar-refractivity contribution in [3.05, 3.63) is 12.2 Å². The van der Waals surface area contributed by atoms with Crippen LogP contribution in [0.1, 0.15) is 81.1 Å². The largest absolute Gasteiger partial charge is 0.414 e. The van der Waals surface area contributed by atoms with Crippen LogP contribution in [0.15, 0.2) is 12.2 Å². The van der Waals surface area contributed by atoms with E-state index in [0.717, 1.165) is 30.8 Å². The van der Waals surface area contributed by atoms with Gasteiger partial charge in [-0.15, -0.1) is 23.5 Å². The number of ether oxygens (including phenoxy) is 2. The standard InChI is InChI=1S/C29H58O5S2Si2/c1-13-31-26(32-14-2)21-24(33-37(9,10)27(3,4)5)17-15-18-25(34-38(11,12)28(6,7)8)22-29(23-30)35-19-16-20-36-29/h15,17,23-26H,13-14,16,18-22H2,1-12H3/b17-15+/t24-,25-/m1/s1. The molecule has 0 bridgehead atoms. The highest BCUT2D eigenvalue weighted by Gasteiger charge is 2.43. The van der Waals surface area contributed by atoms with Crippen LogP contribution in [0.4, 0.5) is 0 Å². The summed E-state index contributed by atoms with van der Waals surface area (Å²) in [6.07, 6.45) is 8.48. The molecule has 0 spiro atoms. The summed E-state index contributed by atoms with van der Waals surface area (Å²) >= 11 is 3.59. The van der Waals surface area contributed by atoms with Crippen molar-refractivity contribution in [3.63, 3.8) is 0 Å². The van der Waals surface area contributed by atoms with E-state index in [1.807, 2.05) is 13.8 Å². The van der Waals surface area contributed by atoms with E-state index < -0.39 is 20.7 Å². The van der Waals surface area contributed by atoms with Crippen molar-refractivity contribution < 1.29 is 23.1 Å². The first-order valence-electron chi connectivity index (χ1n) is 14.4. The Labute approximate surface area is 245 Å². The van der Waals surface area contributed by atoms with Crippen LogP contribution in [0.2, 0.25) is 36.3 Å². The minimum atomic E-state index is -2.02. The third-order valence-electron chi connectivity index (χ3n) is 8.07. The van der Waals surface area contributed by atoms with Crippen LogP contribution < -0.4 is 0 Å². The smallest absolute Gasteiger partial charge is 0.192 e. The Morgan fingerprint density at radius 3 is 1.82 bits per heavy atom. The minimum Gasteiger partial charge on any atom is -0.414 e. The van der Waals surface area contributed by atoms with Gasteiger partial charge in [-0.2, -0.15) is 0 Å². The molecule has 1 saturated heterocycles. The van der Waals surface area contributed by atoms with E-state index in [2.05, 4.69) is 79.9 Å². The minimum absolute atomic E-state index is 0.0152. The molecule has 1 aliphatic heterocycles. The monoisotopic (exact) mass is 606 g/mol. The summed E-state index contributed by atoms with van der Waals surface area (Å²) in [6.45, 7) is 28.0. The fraction of sp³-hybridized carbons (Fsp3) is 0.897. The molecule has 1 fully saturated rings. The van der Waals surface area contributed by atoms with E-state index in [-0.39, 0.29) is 28.6 Å². The summed E-state index contributed by atoms with van der Waals surface area (Å²) in [4.78, 5) is 12.3. The number of carbonyl (C=O) groups excluding carboxylic acids is 1. The van der Waals surface area contributed by atoms with Gasteiger partial charge in [-0.1, -0.05) is 53.7 Å². The maximum absolute atomic E-state index is 12.3. The van der Waals surface area contributed by atoms with Gasteiger partial charge in [-0.05, 0) is 74.5 Å². The SMILES string of the molecule is CCOC(C[C@@H](/C=C/C[C@H](CC1(C=O)SCCCS1)O[Si](C)(C)C(C)(C)C)O[Si](C)(C)C(C)(C)C)OCC. The van der Waals surface area contributed by atoms with Gasteiger partial charge in [0.1, 0.15) is 10.4 Å². The average Bonchev–Trinajstić information content (AvgIpc) is 2.78. The van der Waals surface area contributed by atoms with E-state index in [4.69, 9.17) is 18.3 Å². The Morgan fingerprint density at radius 2 is 1.37 bits per heavy atom. The van der Waals surface area contributed by atoms with Crippen molar-refractivity contribution in [1.29, 1.82) is 0 Å². The summed E-state index contributed by atoms with van der Waals surface area (Å²) in [5.74, 6) is 2.07. The molecule has 38 heavy (non-hydrogen) atoms. The van der Waals surface area contributed by atoms with Crippen LogP contribution in [-0.4, -0.2) is 70.2 Å². The number of thioether (sulfide) groups is 2. The third kappa shape index (κ3) is 11.7. The van der Waals surface area contributed by atoms with Crippen LogP contribution in [0.25, 0.3) is 0 Å². The lowest BCUT2D eigenvalue weighted by Gasteiger charge is -2.42. The van der Waals surface area contributed by atoms with Gasteiger partial charge in [-0.3, -0.25) is 0 Å². The fourth-order valence-corrected chi connectivity index (χ4v) is 9.44. The van der Waals surface area contributed by atoms with E-state index in [1.54, 1.807) is 23.5 Å². The number of hydrogen-bond donors (Lipinski definition) is 0. The highest BCUT2D eigenvalue weighted by atomic mass is 32.2. The quantitative estimate of drug-likeness (QED) is 0.0754. The molecule has 2 atom stereocenters. The van der Waals surface area contributed by atoms with Gasteiger partial charge in [0.2, 0.25) is 0 Å². The first kappa shape index (κ1) is 36.4. The molecular formula is C29H58O5S2Si2. The van der Waals surface area contributed by atoms with Crippen molar-refractivity contribution in [2.75, 3.05) is 24.7 Å². The molecular weight excluding hydrogens is 549 g/mol. The lowest BCUT2D eigenvalue weighted by molar-refractivity contribution is -0.148. The summed E-state index contributed by atoms with van der Waals surface area (Å²) in [7, 11) is -4.03. The lowest BCUT2D eigenvalue weighted by Crippen LogP contribution is -2.46. The molecule has 0 aromatic rings. The maximum Gasteiger partial charge on any atom is 0.192 e. The van der Waals surface area contributed by atoms with Crippen molar-refractivity contribution >= 4 is 46.4 Å². The molecule has 0 saturated carbocycles. The number of carbonyl (C=O) groups is 1. The number of aldehydes is 1. The molecule has 1 rings (SSSR count). The van der Waals surface area contributed by atoms with Crippen molar-refractivity contribution in [1.82, 2.24) is 0 Å². The van der Waals surface area contributed by atoms with Crippen LogP contribution in [0.3, 0.4) is 0 Å². The average molecular weight is 607 g/mol. The second-order valence-electron chi connectivity index (χ2n) is 13.3. The fourth-order valence-electron chi connectivity index (χ4n) is 3.76. The molecule has 0 amide bonds. The molecule has 224 valence electrons. The maximum atomic E-state index is 12.3. The van der Waals surface area contributed by atoms with E-state index in [9.17, 15) is 4.79 Å². The van der Waals surface area contributed by atoms with E-state index in [0.29, 0.717) is 19.6 Å². The number of rotatable bonds is 16. The second kappa shape index (κ2) is 15.6. The normalized spacial score (nSPS) is 19.2. The lowest BCUT2D eigenvalue weighted by atomic mass is 10.1. The summed E-state index contributed by atoms with van der Waals surface area (Å²) < 4.78 is 25.2. The van der Waals surface area contributed by atoms with Crippen LogP contribution in [0, 0.1) is 0 Å². The van der Waals surface area contributed by atoms with Gasteiger partial charge in [0.05, 0.1) is 12.2 Å². The Hall–Kier alpha value is 0.384. The van der Waals surface area contributed by atoms with E-state index >= 15 is 0 Å². The highest BCUT2D eigenvalue weighted by molar-refractivity contribution is 8.19. The van der Waals surface area contributed by atoms with Gasteiger partial charge < -0.3 is 23.1 Å². The van der Waals surface area contributed by atoms with Gasteiger partial charge in [0, 0.05) is 26.1 Å². The Morgan fingerprint density at radius 1 is 0.868 bits per heavy atom. The Bertz CT molecular complexity index is 719. The molecule has 9 heteroatoms. The zero-order chi connectivity index (χ0) is 29.3. The molecule has 0 aromatic heterocycles. The van der Waals surface area contributed by atoms with Crippen molar-refractivity contribution in [2.24, 2.45) is 0 Å². The molecule has 5 nitrogen and oxygen atoms in total. The zero-order valence-corrected chi connectivity index (χ0v) is 30.1. The summed E-state index contributed by atoms with van der Waals surface area (Å²) in [5, 5.41) is 0.206. The van der Waals surface area contributed by atoms with Gasteiger partial charge in [0.15, 0.2) is 22.9 Å². The Balaban J connectivity index is 3.21. The van der Waals surface area contributed by atoms with E-state index in [1.165, 1.54) is 6.29 Å². The molecule has 1 heterocycles. The Kier molecular flexibility index (Phi) is 14.9. The van der Waals surface area contributed by atoms with Gasteiger partial charge in [-0.25, -0.2) is 0 Å². The predicted molar refractivity (Wildman–Crippen MR) is 172 cm³/mol. The van der Waals surface area contributed by atoms with Gasteiger partial charge >= 0.3 is 0 Å². The van der Waals surface area contributed by atoms with Crippen LogP contribution >= 0.6 is 23.5 Å². The van der Waals surface area contributed by atoms with Crippen molar-refractivity contribution in [3.8, 4) is 0 Å². The summed E-state index contributed by atoms with van der Waals surface area (Å²) in [6, 6.07) is 0. The zero-order valence-electron chi connectivity index (χ0n) is 26.5. The van der Waals surface area contributed by atoms with Crippen LogP contribution in [0.5, 0.6) is 0 Å². The molecule has 1 aliphatic rings. The molecule has 0 unspecified atom stereocenters. The highest BCUT2D eigenvalue weighted by Crippen LogP contribution is 2.46. The molecule has 0 N–H and O–H groups in total. The number of hydrogen-bond acceptors (Lipinski definition) is 7. The first-order valence-corrected chi connectivity index (χ1v) is 22.2. The third-order valence-corrected chi connectivity index (χ3v) is 20.3. The first-order chi connectivity index (χ1) is 17.4. The molecule has 0 radical (unpaired) electrons. The van der Waals surface area contributed by atoms with Crippen molar-refractivity contribution in [2.45, 2.75) is 140 Å². The molecule has 0 aromatic carbocycles. The van der Waals surface area contributed by atoms with Crippen LogP contribution in [-0.2, 0) is 23.1 Å². The molecule has 0 aliphatic carbocycles. The topological polar surface area (TPSA) is 54.0 Å². The summed E-state index contributed by atoms with van der Waals surface area (Å²) in [5.41, 5.74) is 0. The second-order valence-corrected chi connectivity index (χ2v) is 26.0.